The van der Waals surface area contributed by atoms with Gasteiger partial charge < -0.3 is 15.6 Å². The fourth-order valence-electron chi connectivity index (χ4n) is 3.31. The van der Waals surface area contributed by atoms with Gasteiger partial charge in [0.15, 0.2) is 0 Å². The maximum atomic E-state index is 12.5. The van der Waals surface area contributed by atoms with Crippen molar-refractivity contribution in [3.05, 3.63) is 24.0 Å². The van der Waals surface area contributed by atoms with E-state index in [2.05, 4.69) is 9.88 Å². The molecule has 2 aliphatic rings. The van der Waals surface area contributed by atoms with Gasteiger partial charge in [0.1, 0.15) is 5.69 Å². The van der Waals surface area contributed by atoms with Gasteiger partial charge in [-0.25, -0.2) is 0 Å². The van der Waals surface area contributed by atoms with Crippen LogP contribution in [-0.4, -0.2) is 22.6 Å². The number of aromatic nitrogens is 1. The van der Waals surface area contributed by atoms with Crippen molar-refractivity contribution >= 4 is 5.91 Å². The van der Waals surface area contributed by atoms with Crippen LogP contribution in [0.4, 0.5) is 0 Å². The van der Waals surface area contributed by atoms with E-state index in [0.29, 0.717) is 12.6 Å². The number of hydrogen-bond donors (Lipinski definition) is 2. The average Bonchev–Trinajstić information content (AvgIpc) is 2.96. The van der Waals surface area contributed by atoms with Gasteiger partial charge in [0.25, 0.3) is 5.91 Å². The minimum absolute atomic E-state index is 0.0456. The Balaban J connectivity index is 1.75. The number of nitrogens with two attached hydrogens (primary N) is 1. The molecular formula is C15H23N3O. The minimum atomic E-state index is -0.161. The molecular weight excluding hydrogens is 238 g/mol. The van der Waals surface area contributed by atoms with Crippen LogP contribution >= 0.6 is 0 Å². The Morgan fingerprint density at radius 2 is 2.11 bits per heavy atom. The number of nitrogens with one attached hydrogen (secondary N) is 1. The van der Waals surface area contributed by atoms with E-state index in [1.165, 1.54) is 32.1 Å². The van der Waals surface area contributed by atoms with Crippen molar-refractivity contribution in [2.75, 3.05) is 6.54 Å². The third-order valence-corrected chi connectivity index (χ3v) is 4.81. The summed E-state index contributed by atoms with van der Waals surface area (Å²) in [7, 11) is 0. The molecule has 104 valence electrons. The molecule has 0 radical (unpaired) electrons. The Morgan fingerprint density at radius 3 is 2.68 bits per heavy atom. The van der Waals surface area contributed by atoms with Crippen molar-refractivity contribution in [2.45, 2.75) is 56.5 Å². The molecule has 0 atom stereocenters. The van der Waals surface area contributed by atoms with Gasteiger partial charge in [-0.2, -0.15) is 0 Å². The van der Waals surface area contributed by atoms with Crippen molar-refractivity contribution in [1.29, 1.82) is 0 Å². The fourth-order valence-corrected chi connectivity index (χ4v) is 3.31. The SMILES string of the molecule is NCC1(NC(=O)c2cccn2C2CCC2)CCCC1. The van der Waals surface area contributed by atoms with Crippen molar-refractivity contribution in [3.63, 3.8) is 0 Å². The average molecular weight is 261 g/mol. The summed E-state index contributed by atoms with van der Waals surface area (Å²) in [4.78, 5) is 12.5. The zero-order valence-electron chi connectivity index (χ0n) is 11.4. The standard InChI is InChI=1S/C15H23N3O/c16-11-15(8-1-2-9-15)17-14(19)13-7-4-10-18(13)12-5-3-6-12/h4,7,10,12H,1-3,5-6,8-9,11,16H2,(H,17,19). The molecule has 3 N–H and O–H groups in total. The van der Waals surface area contributed by atoms with Crippen LogP contribution in [0.1, 0.15) is 61.5 Å². The molecule has 0 saturated heterocycles. The van der Waals surface area contributed by atoms with E-state index in [1.54, 1.807) is 0 Å². The molecule has 2 saturated carbocycles. The lowest BCUT2D eigenvalue weighted by Gasteiger charge is -2.31. The minimum Gasteiger partial charge on any atom is -0.344 e. The molecule has 4 nitrogen and oxygen atoms in total. The molecule has 1 aromatic heterocycles. The maximum absolute atomic E-state index is 12.5. The summed E-state index contributed by atoms with van der Waals surface area (Å²) in [6.07, 6.45) is 10.0. The highest BCUT2D eigenvalue weighted by molar-refractivity contribution is 5.93. The molecule has 1 heterocycles. The Labute approximate surface area is 114 Å². The van der Waals surface area contributed by atoms with Crippen LogP contribution in [0.15, 0.2) is 18.3 Å². The highest BCUT2D eigenvalue weighted by Gasteiger charge is 2.35. The lowest BCUT2D eigenvalue weighted by Crippen LogP contribution is -2.52. The number of rotatable bonds is 4. The summed E-state index contributed by atoms with van der Waals surface area (Å²) < 4.78 is 2.14. The predicted octanol–water partition coefficient (Wildman–Crippen LogP) is 2.21. The monoisotopic (exact) mass is 261 g/mol. The molecule has 0 spiro atoms. The molecule has 19 heavy (non-hydrogen) atoms. The van der Waals surface area contributed by atoms with Gasteiger partial charge in [-0.3, -0.25) is 4.79 Å². The van der Waals surface area contributed by atoms with E-state index in [4.69, 9.17) is 5.73 Å². The number of amides is 1. The molecule has 4 heteroatoms. The van der Waals surface area contributed by atoms with E-state index >= 15 is 0 Å². The van der Waals surface area contributed by atoms with Crippen LogP contribution in [0.25, 0.3) is 0 Å². The van der Waals surface area contributed by atoms with Gasteiger partial charge in [-0.05, 0) is 44.2 Å². The first-order valence-electron chi connectivity index (χ1n) is 7.43. The topological polar surface area (TPSA) is 60.0 Å². The first kappa shape index (κ1) is 12.7. The van der Waals surface area contributed by atoms with Gasteiger partial charge in [0.05, 0.1) is 5.54 Å². The highest BCUT2D eigenvalue weighted by Crippen LogP contribution is 2.33. The number of carbonyl (C=O) groups excluding carboxylic acids is 1. The predicted molar refractivity (Wildman–Crippen MR) is 75.0 cm³/mol. The molecule has 1 amide bonds. The molecule has 3 rings (SSSR count). The Bertz CT molecular complexity index is 456. The van der Waals surface area contributed by atoms with Crippen molar-refractivity contribution in [3.8, 4) is 0 Å². The number of hydrogen-bond acceptors (Lipinski definition) is 2. The summed E-state index contributed by atoms with van der Waals surface area (Å²) >= 11 is 0. The first-order valence-corrected chi connectivity index (χ1v) is 7.43. The van der Waals surface area contributed by atoms with Gasteiger partial charge in [0, 0.05) is 18.8 Å². The van der Waals surface area contributed by atoms with Crippen molar-refractivity contribution in [2.24, 2.45) is 5.73 Å². The van der Waals surface area contributed by atoms with Gasteiger partial charge in [0.2, 0.25) is 0 Å². The largest absolute Gasteiger partial charge is 0.344 e. The summed E-state index contributed by atoms with van der Waals surface area (Å²) in [6.45, 7) is 0.545. The smallest absolute Gasteiger partial charge is 0.268 e. The first-order chi connectivity index (χ1) is 9.24. The van der Waals surface area contributed by atoms with E-state index in [-0.39, 0.29) is 11.4 Å². The van der Waals surface area contributed by atoms with Gasteiger partial charge in [-0.15, -0.1) is 0 Å². The van der Waals surface area contributed by atoms with Gasteiger partial charge in [-0.1, -0.05) is 12.8 Å². The van der Waals surface area contributed by atoms with Gasteiger partial charge >= 0.3 is 0 Å². The number of carbonyl (C=O) groups is 1. The van der Waals surface area contributed by atoms with Crippen LogP contribution in [0.3, 0.4) is 0 Å². The molecule has 2 fully saturated rings. The van der Waals surface area contributed by atoms with Crippen LogP contribution < -0.4 is 11.1 Å². The van der Waals surface area contributed by atoms with Crippen LogP contribution in [0, 0.1) is 0 Å². The molecule has 0 bridgehead atoms. The molecule has 2 aliphatic carbocycles. The Morgan fingerprint density at radius 1 is 1.37 bits per heavy atom. The van der Waals surface area contributed by atoms with Crippen molar-refractivity contribution in [1.82, 2.24) is 9.88 Å². The zero-order valence-corrected chi connectivity index (χ0v) is 11.4. The second kappa shape index (κ2) is 5.00. The summed E-state index contributed by atoms with van der Waals surface area (Å²) in [5.74, 6) is 0.0456. The lowest BCUT2D eigenvalue weighted by atomic mass is 9.92. The highest BCUT2D eigenvalue weighted by atomic mass is 16.2. The molecule has 1 aromatic rings. The summed E-state index contributed by atoms with van der Waals surface area (Å²) in [5.41, 5.74) is 6.52. The summed E-state index contributed by atoms with van der Waals surface area (Å²) in [6, 6.07) is 4.41. The maximum Gasteiger partial charge on any atom is 0.268 e. The Kier molecular flexibility index (Phi) is 3.35. The van der Waals surface area contributed by atoms with E-state index in [9.17, 15) is 4.79 Å². The lowest BCUT2D eigenvalue weighted by molar-refractivity contribution is 0.0887. The normalized spacial score (nSPS) is 22.2. The second-order valence-electron chi connectivity index (χ2n) is 6.03. The Hall–Kier alpha value is -1.29. The van der Waals surface area contributed by atoms with Crippen LogP contribution in [-0.2, 0) is 0 Å². The fraction of sp³-hybridized carbons (Fsp3) is 0.667. The molecule has 0 unspecified atom stereocenters. The molecule has 0 aliphatic heterocycles. The second-order valence-corrected chi connectivity index (χ2v) is 6.03. The van der Waals surface area contributed by atoms with Crippen LogP contribution in [0.5, 0.6) is 0 Å². The third-order valence-electron chi connectivity index (χ3n) is 4.81. The third kappa shape index (κ3) is 2.29. The van der Waals surface area contributed by atoms with Crippen LogP contribution in [0.2, 0.25) is 0 Å². The summed E-state index contributed by atoms with van der Waals surface area (Å²) in [5, 5.41) is 3.20. The van der Waals surface area contributed by atoms with E-state index in [0.717, 1.165) is 18.5 Å². The van der Waals surface area contributed by atoms with E-state index in [1.807, 2.05) is 18.3 Å². The number of nitrogens with zero attached hydrogens (tertiary/aromatic N) is 1. The quantitative estimate of drug-likeness (QED) is 0.873. The molecule has 0 aromatic carbocycles. The van der Waals surface area contributed by atoms with E-state index < -0.39 is 0 Å². The van der Waals surface area contributed by atoms with Crippen molar-refractivity contribution < 1.29 is 4.79 Å². The zero-order chi connectivity index (χ0) is 13.3.